The van der Waals surface area contributed by atoms with Crippen LogP contribution in [0.5, 0.6) is 0 Å². The average Bonchev–Trinajstić information content (AvgIpc) is 3.27. The molecule has 1 fully saturated rings. The minimum Gasteiger partial charge on any atom is -0.378 e. The first-order valence-electron chi connectivity index (χ1n) is 9.03. The fourth-order valence-corrected chi connectivity index (χ4v) is 3.02. The van der Waals surface area contributed by atoms with Gasteiger partial charge in [-0.3, -0.25) is 0 Å². The van der Waals surface area contributed by atoms with Crippen LogP contribution in [-0.2, 0) is 6.54 Å². The van der Waals surface area contributed by atoms with Gasteiger partial charge in [0.1, 0.15) is 11.6 Å². The Balaban J connectivity index is 2.19. The molecule has 0 atom stereocenters. The van der Waals surface area contributed by atoms with Crippen LogP contribution in [0, 0.1) is 13.8 Å². The van der Waals surface area contributed by atoms with Gasteiger partial charge in [-0.1, -0.05) is 12.2 Å². The molecule has 1 aliphatic rings. The molecule has 2 N–H and O–H groups in total. The van der Waals surface area contributed by atoms with Gasteiger partial charge in [0.05, 0.1) is 6.54 Å². The summed E-state index contributed by atoms with van der Waals surface area (Å²) in [5.74, 6) is 1.59. The van der Waals surface area contributed by atoms with Gasteiger partial charge in [0.2, 0.25) is 0 Å². The zero-order valence-corrected chi connectivity index (χ0v) is 17.0. The molecule has 26 heavy (non-hydrogen) atoms. The molecule has 1 saturated carbocycles. The Bertz CT molecular complexity index is 757. The standard InChI is InChI=1S/C21H31N5/c1-13(2)19(16(5)20(22-8)26-21(7)9-10-21)17(6)23-12-18-24-14(3)11-15(4)25-18/h11,23,26H,6,8-10,12H2,1-5,7H3/b20-16-. The highest BCUT2D eigenvalue weighted by molar-refractivity contribution is 5.49. The summed E-state index contributed by atoms with van der Waals surface area (Å²) >= 11 is 0. The van der Waals surface area contributed by atoms with Crippen LogP contribution in [0.4, 0.5) is 0 Å². The quantitative estimate of drug-likeness (QED) is 0.545. The minimum atomic E-state index is 0.145. The Labute approximate surface area is 157 Å². The fourth-order valence-electron chi connectivity index (χ4n) is 3.02. The highest BCUT2D eigenvalue weighted by Crippen LogP contribution is 2.36. The molecule has 140 valence electrons. The number of aliphatic imine (C=N–C) groups is 1. The van der Waals surface area contributed by atoms with Gasteiger partial charge in [-0.05, 0) is 67.2 Å². The molecular weight excluding hydrogens is 322 g/mol. The van der Waals surface area contributed by atoms with E-state index in [1.165, 1.54) is 5.57 Å². The molecule has 5 heteroatoms. The van der Waals surface area contributed by atoms with Crippen LogP contribution < -0.4 is 10.6 Å². The molecule has 0 spiro atoms. The second-order valence-corrected chi connectivity index (χ2v) is 7.59. The number of nitrogens with zero attached hydrogens (tertiary/aromatic N) is 3. The Kier molecular flexibility index (Phi) is 6.01. The van der Waals surface area contributed by atoms with Crippen LogP contribution in [0.3, 0.4) is 0 Å². The molecule has 1 aromatic rings. The van der Waals surface area contributed by atoms with E-state index in [2.05, 4.69) is 66.6 Å². The van der Waals surface area contributed by atoms with Crippen LogP contribution in [0.15, 0.2) is 45.9 Å². The van der Waals surface area contributed by atoms with Crippen molar-refractivity contribution < 1.29 is 0 Å². The maximum atomic E-state index is 4.48. The van der Waals surface area contributed by atoms with E-state index in [0.29, 0.717) is 6.54 Å². The van der Waals surface area contributed by atoms with Crippen molar-refractivity contribution in [2.45, 2.75) is 66.5 Å². The monoisotopic (exact) mass is 353 g/mol. The van der Waals surface area contributed by atoms with E-state index in [9.17, 15) is 0 Å². The SMILES string of the molecule is C=N/C(NC1(C)CC1)=C(\C)C(C(=C)NCc1nc(C)cc(C)n1)=C(C)C. The lowest BCUT2D eigenvalue weighted by molar-refractivity contribution is 0.601. The van der Waals surface area contributed by atoms with Crippen molar-refractivity contribution in [2.24, 2.45) is 4.99 Å². The molecule has 1 aliphatic carbocycles. The lowest BCUT2D eigenvalue weighted by Gasteiger charge is -2.21. The van der Waals surface area contributed by atoms with Gasteiger partial charge < -0.3 is 10.6 Å². The van der Waals surface area contributed by atoms with E-state index in [-0.39, 0.29) is 5.54 Å². The predicted octanol–water partition coefficient (Wildman–Crippen LogP) is 4.11. The minimum absolute atomic E-state index is 0.145. The molecule has 0 bridgehead atoms. The lowest BCUT2D eigenvalue weighted by atomic mass is 9.99. The third kappa shape index (κ3) is 5.04. The van der Waals surface area contributed by atoms with Gasteiger partial charge in [0.15, 0.2) is 0 Å². The molecule has 0 radical (unpaired) electrons. The van der Waals surface area contributed by atoms with Crippen LogP contribution in [0.25, 0.3) is 0 Å². The molecule has 2 rings (SSSR count). The smallest absolute Gasteiger partial charge is 0.147 e. The van der Waals surface area contributed by atoms with Crippen molar-refractivity contribution in [3.63, 3.8) is 0 Å². The maximum absolute atomic E-state index is 4.48. The van der Waals surface area contributed by atoms with Gasteiger partial charge >= 0.3 is 0 Å². The summed E-state index contributed by atoms with van der Waals surface area (Å²) in [5.41, 5.74) is 6.21. The average molecular weight is 354 g/mol. The van der Waals surface area contributed by atoms with Gasteiger partial charge in [-0.2, -0.15) is 0 Å². The van der Waals surface area contributed by atoms with Crippen molar-refractivity contribution in [3.8, 4) is 0 Å². The highest BCUT2D eigenvalue weighted by atomic mass is 15.1. The first-order valence-corrected chi connectivity index (χ1v) is 9.03. The van der Waals surface area contributed by atoms with Crippen LogP contribution in [0.1, 0.15) is 57.7 Å². The van der Waals surface area contributed by atoms with E-state index in [1.807, 2.05) is 19.9 Å². The largest absolute Gasteiger partial charge is 0.378 e. The molecule has 5 nitrogen and oxygen atoms in total. The zero-order valence-electron chi connectivity index (χ0n) is 17.0. The van der Waals surface area contributed by atoms with Gasteiger partial charge in [-0.25, -0.2) is 15.0 Å². The Morgan fingerprint density at radius 2 is 1.77 bits per heavy atom. The summed E-state index contributed by atoms with van der Waals surface area (Å²) in [6.07, 6.45) is 2.32. The molecule has 0 saturated heterocycles. The summed E-state index contributed by atoms with van der Waals surface area (Å²) in [4.78, 5) is 13.2. The van der Waals surface area contributed by atoms with E-state index >= 15 is 0 Å². The molecular formula is C21H31N5. The second kappa shape index (κ2) is 7.85. The Morgan fingerprint density at radius 3 is 2.23 bits per heavy atom. The molecule has 0 amide bonds. The lowest BCUT2D eigenvalue weighted by Crippen LogP contribution is -2.28. The number of aryl methyl sites for hydroxylation is 2. The fraction of sp³-hybridized carbons (Fsp3) is 0.476. The van der Waals surface area contributed by atoms with Gasteiger partial charge in [-0.15, -0.1) is 0 Å². The number of allylic oxidation sites excluding steroid dienone is 2. The van der Waals surface area contributed by atoms with Crippen molar-refractivity contribution in [1.82, 2.24) is 20.6 Å². The van der Waals surface area contributed by atoms with Crippen molar-refractivity contribution >= 4 is 6.72 Å². The number of hydrogen-bond acceptors (Lipinski definition) is 5. The first-order chi connectivity index (χ1) is 12.1. The molecule has 1 aromatic heterocycles. The van der Waals surface area contributed by atoms with E-state index < -0.39 is 0 Å². The van der Waals surface area contributed by atoms with E-state index in [1.54, 1.807) is 0 Å². The summed E-state index contributed by atoms with van der Waals surface area (Å²) in [5, 5.41) is 6.89. The van der Waals surface area contributed by atoms with Crippen molar-refractivity contribution in [2.75, 3.05) is 0 Å². The molecule has 0 aromatic carbocycles. The third-order valence-corrected chi connectivity index (χ3v) is 4.60. The normalized spacial score (nSPS) is 15.6. The summed E-state index contributed by atoms with van der Waals surface area (Å²) < 4.78 is 0. The maximum Gasteiger partial charge on any atom is 0.147 e. The number of nitrogens with one attached hydrogen (secondary N) is 2. The second-order valence-electron chi connectivity index (χ2n) is 7.59. The molecule has 0 aliphatic heterocycles. The highest BCUT2D eigenvalue weighted by Gasteiger charge is 2.38. The Morgan fingerprint density at radius 1 is 1.19 bits per heavy atom. The number of rotatable bonds is 8. The summed E-state index contributed by atoms with van der Waals surface area (Å²) in [6.45, 7) is 20.9. The van der Waals surface area contributed by atoms with E-state index in [4.69, 9.17) is 0 Å². The van der Waals surface area contributed by atoms with Crippen molar-refractivity contribution in [1.29, 1.82) is 0 Å². The van der Waals surface area contributed by atoms with Crippen LogP contribution in [-0.4, -0.2) is 22.2 Å². The first kappa shape index (κ1) is 19.9. The number of hydrogen-bond donors (Lipinski definition) is 2. The van der Waals surface area contributed by atoms with E-state index in [0.717, 1.165) is 52.7 Å². The summed E-state index contributed by atoms with van der Waals surface area (Å²) in [6, 6.07) is 1.97. The Hall–Kier alpha value is -2.43. The molecule has 0 unspecified atom stereocenters. The number of aromatic nitrogens is 2. The van der Waals surface area contributed by atoms with Gasteiger partial charge in [0.25, 0.3) is 0 Å². The van der Waals surface area contributed by atoms with Crippen LogP contribution in [0.2, 0.25) is 0 Å². The van der Waals surface area contributed by atoms with Crippen LogP contribution >= 0.6 is 0 Å². The summed E-state index contributed by atoms with van der Waals surface area (Å²) in [7, 11) is 0. The van der Waals surface area contributed by atoms with Gasteiger partial charge in [0, 0.05) is 33.8 Å². The zero-order chi connectivity index (χ0) is 19.5. The molecule has 1 heterocycles. The topological polar surface area (TPSA) is 62.2 Å². The van der Waals surface area contributed by atoms with Crippen molar-refractivity contribution in [3.05, 3.63) is 58.1 Å². The predicted molar refractivity (Wildman–Crippen MR) is 109 cm³/mol. The third-order valence-electron chi connectivity index (χ3n) is 4.60.